The lowest BCUT2D eigenvalue weighted by Crippen LogP contribution is -2.28. The molecule has 2 heterocycles. The first-order valence-electron chi connectivity index (χ1n) is 46.1. The van der Waals surface area contributed by atoms with E-state index in [9.17, 15) is 0 Å². The van der Waals surface area contributed by atoms with E-state index < -0.39 is 10.8 Å². The number of hydrogen-bond acceptors (Lipinski definition) is 2. The van der Waals surface area contributed by atoms with Gasteiger partial charge in [-0.1, -0.05) is 427 Å². The molecule has 0 fully saturated rings. The summed E-state index contributed by atoms with van der Waals surface area (Å²) in [5.74, 6) is 0. The number of nitrogens with zero attached hydrogens (tertiary/aromatic N) is 2. The van der Waals surface area contributed by atoms with Gasteiger partial charge in [-0.15, -0.1) is 0 Å². The van der Waals surface area contributed by atoms with Gasteiger partial charge in [0.05, 0.1) is 16.5 Å². The largest absolute Gasteiger partial charge is 0.310 e. The minimum absolute atomic E-state index is 0.178. The van der Waals surface area contributed by atoms with E-state index in [0.29, 0.717) is 0 Å². The van der Waals surface area contributed by atoms with Gasteiger partial charge in [-0.3, -0.25) is 0 Å². The van der Waals surface area contributed by atoms with Crippen molar-refractivity contribution in [2.75, 3.05) is 9.80 Å². The number of benzene rings is 19. The zero-order valence-corrected chi connectivity index (χ0v) is 73.3. The van der Waals surface area contributed by atoms with Gasteiger partial charge in [-0.2, -0.15) is 0 Å². The third kappa shape index (κ3) is 13.1. The first kappa shape index (κ1) is 78.9. The molecule has 19 aromatic rings. The van der Waals surface area contributed by atoms with Gasteiger partial charge in [-0.25, -0.2) is 0 Å². The standard InChI is InChI=1S/C128H96N2/c1-4-90-84-108-73-77-110(90)111-75-61-87(59-63-94-34-31-56-119-124(94)115-52-22-25-54-117(115)127(119,101-40-12-7-13-41-101)102-42-14-8-15-43-102)79-100(111)81-89-33-28-39-99(80-89)112-51-24-27-58-123(112)130(108)107-50-30-38-98(85-107)97-37-29-36-96(83-97)93-67-65-91(66-68-93)92-69-71-106(72-70-92)129(105-48-20-11-21-49-105)109-74-78-114-113-76-62-88(82-121(113)126(5-2,6-3)122(114)86-109)60-64-95-35-32-57-120-125(95)116-53-23-26-55-118(116)128(120,103-44-16-9-17-45-103)104-46-18-10-19-47-104/h7-80,82-86H,4-6,81H2,1-3H3. The molecular weight excluding hydrogens is 1570 g/mol. The zero-order valence-electron chi connectivity index (χ0n) is 73.3. The van der Waals surface area contributed by atoms with Gasteiger partial charge in [0, 0.05) is 39.4 Å². The van der Waals surface area contributed by atoms with Crippen molar-refractivity contribution in [3.63, 3.8) is 0 Å². The second kappa shape index (κ2) is 32.9. The van der Waals surface area contributed by atoms with Crippen LogP contribution < -0.4 is 9.80 Å². The van der Waals surface area contributed by atoms with Crippen molar-refractivity contribution in [1.29, 1.82) is 0 Å². The van der Waals surface area contributed by atoms with E-state index in [0.717, 1.165) is 76.5 Å². The number of fused-ring (bicyclic) bond motifs is 11. The first-order valence-corrected chi connectivity index (χ1v) is 46.1. The molecule has 5 aliphatic rings. The van der Waals surface area contributed by atoms with Crippen LogP contribution in [0.2, 0.25) is 0 Å². The third-order valence-electron chi connectivity index (χ3n) is 28.7. The molecule has 0 spiro atoms. The summed E-state index contributed by atoms with van der Waals surface area (Å²) >= 11 is 0. The molecule has 0 atom stereocenters. The van der Waals surface area contributed by atoms with Crippen LogP contribution in [0.25, 0.3) is 113 Å². The number of aryl methyl sites for hydroxylation is 1. The van der Waals surface area contributed by atoms with Crippen molar-refractivity contribution in [3.8, 4) is 89.0 Å². The highest BCUT2D eigenvalue weighted by Crippen LogP contribution is 2.61. The lowest BCUT2D eigenvalue weighted by Gasteiger charge is -2.33. The molecule has 618 valence electrons. The highest BCUT2D eigenvalue weighted by molar-refractivity contribution is 5.98. The Kier molecular flexibility index (Phi) is 20.0. The van der Waals surface area contributed by atoms with Gasteiger partial charge < -0.3 is 9.80 Å². The normalized spacial score (nSPS) is 13.7. The maximum atomic E-state index is 2.50. The van der Waals surface area contributed by atoms with Crippen LogP contribution in [0.4, 0.5) is 34.1 Å². The average molecular weight is 1660 g/mol. The highest BCUT2D eigenvalue weighted by Gasteiger charge is 2.49. The maximum Gasteiger partial charge on any atom is 0.0713 e. The van der Waals surface area contributed by atoms with Crippen LogP contribution in [0.5, 0.6) is 0 Å². The Balaban J connectivity index is 0.520. The molecular formula is C128H96N2. The van der Waals surface area contributed by atoms with Gasteiger partial charge in [-0.05, 0) is 277 Å². The van der Waals surface area contributed by atoms with E-state index in [2.05, 4.69) is 510 Å². The fourth-order valence-corrected chi connectivity index (χ4v) is 22.6. The fraction of sp³-hybridized carbons (Fsp3) is 0.0781. The van der Waals surface area contributed by atoms with Crippen molar-refractivity contribution in [1.82, 2.24) is 0 Å². The monoisotopic (exact) mass is 1660 g/mol. The third-order valence-corrected chi connectivity index (χ3v) is 28.7. The predicted molar refractivity (Wildman–Crippen MR) is 547 cm³/mol. The van der Waals surface area contributed by atoms with E-state index in [4.69, 9.17) is 0 Å². The van der Waals surface area contributed by atoms with Crippen LogP contribution in [-0.2, 0) is 29.1 Å². The van der Waals surface area contributed by atoms with Crippen LogP contribution in [-0.4, -0.2) is 0 Å². The van der Waals surface area contributed by atoms with Gasteiger partial charge in [0.25, 0.3) is 0 Å². The summed E-state index contributed by atoms with van der Waals surface area (Å²) < 4.78 is 0. The second-order valence-electron chi connectivity index (χ2n) is 35.4. The second-order valence-corrected chi connectivity index (χ2v) is 35.4. The topological polar surface area (TPSA) is 6.48 Å². The zero-order chi connectivity index (χ0) is 86.9. The molecule has 0 unspecified atom stereocenters. The first-order chi connectivity index (χ1) is 64.3. The van der Waals surface area contributed by atoms with E-state index in [-0.39, 0.29) is 5.41 Å². The molecule has 24 rings (SSSR count). The van der Waals surface area contributed by atoms with Crippen LogP contribution >= 0.6 is 0 Å². The van der Waals surface area contributed by atoms with Crippen LogP contribution in [0.15, 0.2) is 455 Å². The van der Waals surface area contributed by atoms with E-state index in [1.54, 1.807) is 0 Å². The average Bonchev–Trinajstić information content (AvgIpc) is 1.55. The summed E-state index contributed by atoms with van der Waals surface area (Å²) in [5, 5.41) is 0. The number of para-hydroxylation sites is 2. The van der Waals surface area contributed by atoms with Gasteiger partial charge >= 0.3 is 0 Å². The van der Waals surface area contributed by atoms with Crippen molar-refractivity contribution in [2.24, 2.45) is 0 Å². The lowest BCUT2D eigenvalue weighted by atomic mass is 9.67. The number of hydrogen-bond donors (Lipinski definition) is 0. The SMILES string of the molecule is CCc1cc2ccc1-c1ccc(C=Cc3cccc4c3-c3ccccc3C4(c3ccccc3)c3ccccc3)cc1Cc1cccc(c1)-c1ccccc1N2c1cccc(-c2cccc(-c3ccc(-c4ccc(N(c5ccccc5)c5ccc6c(c5)C(CC)(CC)c5cc(C=Cc7cccc8c7-c7ccccc7C8(c7ccccc7)c7ccccc7)ccc5-6)cc4)cc3)c2)c1. The van der Waals surface area contributed by atoms with Crippen molar-refractivity contribution < 1.29 is 0 Å². The Bertz CT molecular complexity index is 7520. The molecule has 2 nitrogen and oxygen atoms in total. The Morgan fingerprint density at radius 1 is 0.262 bits per heavy atom. The summed E-state index contributed by atoms with van der Waals surface area (Å²) in [6.45, 7) is 7.07. The van der Waals surface area contributed by atoms with Crippen LogP contribution in [0, 0.1) is 0 Å². The molecule has 3 aliphatic carbocycles. The number of rotatable bonds is 18. The van der Waals surface area contributed by atoms with Crippen LogP contribution in [0.1, 0.15) is 128 Å². The molecule has 0 aromatic heterocycles. The predicted octanol–water partition coefficient (Wildman–Crippen LogP) is 33.6. The van der Waals surface area contributed by atoms with Gasteiger partial charge in [0.1, 0.15) is 0 Å². The molecule has 0 saturated carbocycles. The van der Waals surface area contributed by atoms with Crippen LogP contribution in [0.3, 0.4) is 0 Å². The molecule has 2 aliphatic heterocycles. The summed E-state index contributed by atoms with van der Waals surface area (Å²) in [5.41, 5.74) is 47.1. The van der Waals surface area contributed by atoms with Crippen molar-refractivity contribution >= 4 is 58.4 Å². The highest BCUT2D eigenvalue weighted by atomic mass is 15.1. The minimum Gasteiger partial charge on any atom is -0.310 e. The molecule has 0 saturated heterocycles. The van der Waals surface area contributed by atoms with E-state index >= 15 is 0 Å². The molecule has 0 radical (unpaired) electrons. The Morgan fingerprint density at radius 3 is 1.26 bits per heavy atom. The summed E-state index contributed by atoms with van der Waals surface area (Å²) in [6, 6.07) is 171. The molecule has 130 heavy (non-hydrogen) atoms. The maximum absolute atomic E-state index is 2.50. The summed E-state index contributed by atoms with van der Waals surface area (Å²) in [4.78, 5) is 4.92. The Morgan fingerprint density at radius 2 is 0.685 bits per heavy atom. The molecule has 19 aromatic carbocycles. The van der Waals surface area contributed by atoms with Crippen molar-refractivity contribution in [2.45, 2.75) is 62.7 Å². The smallest absolute Gasteiger partial charge is 0.0713 e. The summed E-state index contributed by atoms with van der Waals surface area (Å²) in [7, 11) is 0. The van der Waals surface area contributed by atoms with E-state index in [1.165, 1.54) is 167 Å². The Labute approximate surface area is 764 Å². The molecule has 0 amide bonds. The minimum atomic E-state index is -0.464. The quantitative estimate of drug-likeness (QED) is 0.0790. The Hall–Kier alpha value is -15.7. The van der Waals surface area contributed by atoms with Crippen molar-refractivity contribution in [3.05, 3.63) is 550 Å². The summed E-state index contributed by atoms with van der Waals surface area (Å²) in [6.07, 6.45) is 13.0. The fourth-order valence-electron chi connectivity index (χ4n) is 22.6. The molecule has 0 N–H and O–H groups in total. The lowest BCUT2D eigenvalue weighted by molar-refractivity contribution is 0.490. The molecule has 2 heteroatoms. The van der Waals surface area contributed by atoms with Gasteiger partial charge in [0.2, 0.25) is 0 Å². The van der Waals surface area contributed by atoms with E-state index in [1.807, 2.05) is 0 Å². The molecule has 4 bridgehead atoms. The number of anilines is 6. The van der Waals surface area contributed by atoms with Gasteiger partial charge in [0.15, 0.2) is 0 Å².